The van der Waals surface area contributed by atoms with Gasteiger partial charge in [-0.15, -0.1) is 0 Å². The third kappa shape index (κ3) is 2.13. The lowest BCUT2D eigenvalue weighted by Crippen LogP contribution is -2.15. The largest absolute Gasteiger partial charge is 0.486 e. The van der Waals surface area contributed by atoms with Crippen LogP contribution >= 0.6 is 0 Å². The Morgan fingerprint density at radius 1 is 1.07 bits per heavy atom. The zero-order valence-electron chi connectivity index (χ0n) is 8.11. The van der Waals surface area contributed by atoms with Crippen LogP contribution in [-0.2, 0) is 0 Å². The highest BCUT2D eigenvalue weighted by Crippen LogP contribution is 2.21. The van der Waals surface area contributed by atoms with Crippen molar-refractivity contribution in [3.8, 4) is 5.75 Å². The number of ether oxygens (including phenoxy) is 1. The summed E-state index contributed by atoms with van der Waals surface area (Å²) in [5.74, 6) is 0.488. The van der Waals surface area contributed by atoms with Crippen LogP contribution in [0.2, 0.25) is 0 Å². The standard InChI is InChI=1S/C12H14O2/c13-11-8-2-1-3-9-12(11)14-10-6-4-5-7-10/h1-3,8-10H,4-7H2. The Morgan fingerprint density at radius 3 is 2.57 bits per heavy atom. The minimum absolute atomic E-state index is 0.0260. The van der Waals surface area contributed by atoms with Crippen LogP contribution in [0.25, 0.3) is 0 Å². The highest BCUT2D eigenvalue weighted by molar-refractivity contribution is 5.20. The molecule has 0 atom stereocenters. The van der Waals surface area contributed by atoms with Gasteiger partial charge in [0, 0.05) is 0 Å². The van der Waals surface area contributed by atoms with Crippen LogP contribution < -0.4 is 10.2 Å². The summed E-state index contributed by atoms with van der Waals surface area (Å²) in [6.45, 7) is 0. The second-order valence-electron chi connectivity index (χ2n) is 3.66. The van der Waals surface area contributed by atoms with E-state index in [1.165, 1.54) is 12.8 Å². The molecular formula is C12H14O2. The van der Waals surface area contributed by atoms with E-state index < -0.39 is 0 Å². The van der Waals surface area contributed by atoms with E-state index in [0.29, 0.717) is 5.75 Å². The normalized spacial score (nSPS) is 16.9. The molecule has 0 radical (unpaired) electrons. The zero-order valence-corrected chi connectivity index (χ0v) is 8.11. The lowest BCUT2D eigenvalue weighted by atomic mass is 10.3. The van der Waals surface area contributed by atoms with Gasteiger partial charge in [-0.2, -0.15) is 0 Å². The van der Waals surface area contributed by atoms with Crippen molar-refractivity contribution in [1.29, 1.82) is 0 Å². The van der Waals surface area contributed by atoms with Gasteiger partial charge in [-0.3, -0.25) is 4.79 Å². The van der Waals surface area contributed by atoms with Crippen molar-refractivity contribution >= 4 is 0 Å². The van der Waals surface area contributed by atoms with Gasteiger partial charge in [-0.1, -0.05) is 18.2 Å². The summed E-state index contributed by atoms with van der Waals surface area (Å²) in [6.07, 6.45) is 4.86. The molecule has 1 aromatic carbocycles. The maximum atomic E-state index is 11.5. The summed E-state index contributed by atoms with van der Waals surface area (Å²) in [5, 5.41) is 0. The first-order valence-electron chi connectivity index (χ1n) is 5.12. The van der Waals surface area contributed by atoms with Gasteiger partial charge >= 0.3 is 0 Å². The van der Waals surface area contributed by atoms with E-state index in [4.69, 9.17) is 4.74 Å². The number of rotatable bonds is 2. The van der Waals surface area contributed by atoms with Crippen molar-refractivity contribution in [3.63, 3.8) is 0 Å². The molecule has 0 spiro atoms. The van der Waals surface area contributed by atoms with Crippen LogP contribution in [0.3, 0.4) is 0 Å². The third-order valence-electron chi connectivity index (χ3n) is 2.56. The average molecular weight is 190 g/mol. The second kappa shape index (κ2) is 4.27. The highest BCUT2D eigenvalue weighted by Gasteiger charge is 2.16. The highest BCUT2D eigenvalue weighted by atomic mass is 16.5. The quantitative estimate of drug-likeness (QED) is 0.715. The van der Waals surface area contributed by atoms with Gasteiger partial charge in [0.05, 0.1) is 6.10 Å². The van der Waals surface area contributed by atoms with Gasteiger partial charge in [0.25, 0.3) is 0 Å². The van der Waals surface area contributed by atoms with Crippen LogP contribution in [0.15, 0.2) is 35.1 Å². The molecule has 2 rings (SSSR count). The second-order valence-corrected chi connectivity index (χ2v) is 3.66. The Balaban J connectivity index is 2.16. The molecule has 0 aliphatic heterocycles. The van der Waals surface area contributed by atoms with E-state index in [2.05, 4.69) is 0 Å². The molecule has 1 aliphatic rings. The molecule has 0 amide bonds. The minimum Gasteiger partial charge on any atom is -0.486 e. The zero-order chi connectivity index (χ0) is 9.80. The fourth-order valence-corrected chi connectivity index (χ4v) is 1.80. The molecule has 2 heteroatoms. The fourth-order valence-electron chi connectivity index (χ4n) is 1.80. The van der Waals surface area contributed by atoms with Crippen LogP contribution in [0.1, 0.15) is 25.7 Å². The molecule has 2 nitrogen and oxygen atoms in total. The molecule has 14 heavy (non-hydrogen) atoms. The fraction of sp³-hybridized carbons (Fsp3) is 0.417. The summed E-state index contributed by atoms with van der Waals surface area (Å²) < 4.78 is 5.65. The van der Waals surface area contributed by atoms with Gasteiger partial charge in [0.15, 0.2) is 5.75 Å². The predicted octanol–water partition coefficient (Wildman–Crippen LogP) is 2.37. The monoisotopic (exact) mass is 190 g/mol. The maximum absolute atomic E-state index is 11.5. The average Bonchev–Trinajstić information content (AvgIpc) is 2.60. The van der Waals surface area contributed by atoms with Gasteiger partial charge in [0.1, 0.15) is 0 Å². The van der Waals surface area contributed by atoms with Crippen LogP contribution in [0.5, 0.6) is 5.75 Å². The number of hydrogen-bond donors (Lipinski definition) is 0. The molecule has 1 fully saturated rings. The molecule has 0 aromatic heterocycles. The first-order chi connectivity index (χ1) is 6.86. The van der Waals surface area contributed by atoms with Crippen molar-refractivity contribution in [2.24, 2.45) is 0 Å². The molecule has 74 valence electrons. The molecule has 0 N–H and O–H groups in total. The van der Waals surface area contributed by atoms with Gasteiger partial charge in [0.2, 0.25) is 5.43 Å². The molecule has 0 heterocycles. The van der Waals surface area contributed by atoms with E-state index >= 15 is 0 Å². The van der Waals surface area contributed by atoms with Crippen LogP contribution in [0.4, 0.5) is 0 Å². The maximum Gasteiger partial charge on any atom is 0.220 e. The van der Waals surface area contributed by atoms with E-state index in [9.17, 15) is 4.79 Å². The van der Waals surface area contributed by atoms with Crippen molar-refractivity contribution in [2.75, 3.05) is 0 Å². The van der Waals surface area contributed by atoms with Crippen molar-refractivity contribution in [1.82, 2.24) is 0 Å². The molecule has 1 aromatic rings. The van der Waals surface area contributed by atoms with Crippen molar-refractivity contribution < 1.29 is 4.74 Å². The van der Waals surface area contributed by atoms with Gasteiger partial charge in [-0.05, 0) is 37.8 Å². The first kappa shape index (κ1) is 9.25. The van der Waals surface area contributed by atoms with E-state index in [1.807, 2.05) is 12.1 Å². The molecule has 0 bridgehead atoms. The number of hydrogen-bond acceptors (Lipinski definition) is 2. The lowest BCUT2D eigenvalue weighted by molar-refractivity contribution is 0.208. The molecule has 0 saturated heterocycles. The Bertz CT molecular complexity index is 354. The SMILES string of the molecule is O=c1cccccc1OC1CCCC1. The van der Waals surface area contributed by atoms with Crippen molar-refractivity contribution in [2.45, 2.75) is 31.8 Å². The summed E-state index contributed by atoms with van der Waals surface area (Å²) in [6, 6.07) is 8.71. The Labute approximate surface area is 83.5 Å². The summed E-state index contributed by atoms with van der Waals surface area (Å²) in [5.41, 5.74) is -0.0260. The predicted molar refractivity (Wildman–Crippen MR) is 55.6 cm³/mol. The first-order valence-corrected chi connectivity index (χ1v) is 5.12. The summed E-state index contributed by atoms with van der Waals surface area (Å²) in [7, 11) is 0. The lowest BCUT2D eigenvalue weighted by Gasteiger charge is -2.10. The summed E-state index contributed by atoms with van der Waals surface area (Å²) >= 11 is 0. The Kier molecular flexibility index (Phi) is 2.82. The third-order valence-corrected chi connectivity index (χ3v) is 2.56. The van der Waals surface area contributed by atoms with Gasteiger partial charge < -0.3 is 4.74 Å². The van der Waals surface area contributed by atoms with Crippen molar-refractivity contribution in [3.05, 3.63) is 40.6 Å². The van der Waals surface area contributed by atoms with Gasteiger partial charge in [-0.25, -0.2) is 0 Å². The van der Waals surface area contributed by atoms with E-state index in [-0.39, 0.29) is 11.5 Å². The molecule has 0 unspecified atom stereocenters. The van der Waals surface area contributed by atoms with Crippen LogP contribution in [-0.4, -0.2) is 6.10 Å². The van der Waals surface area contributed by atoms with E-state index in [1.54, 1.807) is 18.2 Å². The smallest absolute Gasteiger partial charge is 0.220 e. The van der Waals surface area contributed by atoms with Crippen LogP contribution in [0, 0.1) is 0 Å². The molecule has 1 aliphatic carbocycles. The molecule has 1 saturated carbocycles. The minimum atomic E-state index is -0.0260. The topological polar surface area (TPSA) is 26.3 Å². The summed E-state index contributed by atoms with van der Waals surface area (Å²) in [4.78, 5) is 11.5. The Hall–Kier alpha value is -1.31. The van der Waals surface area contributed by atoms with E-state index in [0.717, 1.165) is 12.8 Å². The molecular weight excluding hydrogens is 176 g/mol. The Morgan fingerprint density at radius 2 is 1.79 bits per heavy atom.